The summed E-state index contributed by atoms with van der Waals surface area (Å²) in [5.74, 6) is 0.986. The van der Waals surface area contributed by atoms with Gasteiger partial charge in [0.2, 0.25) is 5.91 Å². The van der Waals surface area contributed by atoms with Gasteiger partial charge in [0.15, 0.2) is 0 Å². The van der Waals surface area contributed by atoms with E-state index in [9.17, 15) is 14.9 Å². The predicted molar refractivity (Wildman–Crippen MR) is 93.3 cm³/mol. The molecule has 0 atom stereocenters. The molecule has 1 saturated heterocycles. The molecule has 0 radical (unpaired) electrons. The fraction of sp³-hybridized carbons (Fsp3) is 0.765. The highest BCUT2D eigenvalue weighted by molar-refractivity contribution is 5.76. The van der Waals surface area contributed by atoms with E-state index in [0.29, 0.717) is 30.4 Å². The van der Waals surface area contributed by atoms with Crippen molar-refractivity contribution in [2.75, 3.05) is 19.6 Å². The Hall–Kier alpha value is -1.96. The van der Waals surface area contributed by atoms with E-state index in [2.05, 4.69) is 10.4 Å². The number of nitro groups is 1. The molecule has 0 unspecified atom stereocenters. The van der Waals surface area contributed by atoms with Gasteiger partial charge in [-0.05, 0) is 52.0 Å². The van der Waals surface area contributed by atoms with Gasteiger partial charge >= 0.3 is 5.69 Å². The average Bonchev–Trinajstić information content (AvgIpc) is 3.36. The molecule has 25 heavy (non-hydrogen) atoms. The summed E-state index contributed by atoms with van der Waals surface area (Å²) in [5.41, 5.74) is 0.964. The Morgan fingerprint density at radius 2 is 1.96 bits per heavy atom. The van der Waals surface area contributed by atoms with Crippen molar-refractivity contribution in [3.63, 3.8) is 0 Å². The highest BCUT2D eigenvalue weighted by Gasteiger charge is 2.26. The Morgan fingerprint density at radius 3 is 2.52 bits per heavy atom. The van der Waals surface area contributed by atoms with Gasteiger partial charge in [-0.25, -0.2) is 0 Å². The molecule has 1 N–H and O–H groups in total. The summed E-state index contributed by atoms with van der Waals surface area (Å²) in [6.07, 6.45) is 5.05. The van der Waals surface area contributed by atoms with Gasteiger partial charge in [0.1, 0.15) is 11.4 Å². The van der Waals surface area contributed by atoms with Crippen LogP contribution in [0.25, 0.3) is 0 Å². The van der Waals surface area contributed by atoms with Crippen LogP contribution in [-0.4, -0.2) is 51.2 Å². The fourth-order valence-electron chi connectivity index (χ4n) is 3.52. The van der Waals surface area contributed by atoms with Crippen molar-refractivity contribution in [1.29, 1.82) is 0 Å². The van der Waals surface area contributed by atoms with Gasteiger partial charge in [-0.2, -0.15) is 5.10 Å². The van der Waals surface area contributed by atoms with E-state index < -0.39 is 4.92 Å². The summed E-state index contributed by atoms with van der Waals surface area (Å²) in [4.78, 5) is 25.0. The van der Waals surface area contributed by atoms with Crippen LogP contribution in [0.3, 0.4) is 0 Å². The summed E-state index contributed by atoms with van der Waals surface area (Å²) in [6, 6.07) is 0.531. The normalized spacial score (nSPS) is 18.6. The summed E-state index contributed by atoms with van der Waals surface area (Å²) in [6.45, 7) is 6.40. The maximum Gasteiger partial charge on any atom is 0.312 e. The molecule has 8 heteroatoms. The first-order valence-electron chi connectivity index (χ1n) is 9.15. The van der Waals surface area contributed by atoms with Crippen LogP contribution in [0, 0.1) is 29.9 Å². The number of hydrogen-bond donors (Lipinski definition) is 1. The standard InChI is InChI=1S/C17H27N5O3/c1-12-17(22(24)25)13(2)21(19-12)10-7-16(23)20-8-5-15(6-9-20)18-11-14-3-4-14/h14-15,18H,3-11H2,1-2H3. The Labute approximate surface area is 147 Å². The molecule has 3 rings (SSSR count). The highest BCUT2D eigenvalue weighted by atomic mass is 16.6. The van der Waals surface area contributed by atoms with Crippen LogP contribution in [0.2, 0.25) is 0 Å². The molecule has 0 aromatic carbocycles. The van der Waals surface area contributed by atoms with Crippen molar-refractivity contribution in [1.82, 2.24) is 20.0 Å². The van der Waals surface area contributed by atoms with Crippen LogP contribution in [0.4, 0.5) is 5.69 Å². The lowest BCUT2D eigenvalue weighted by Gasteiger charge is -2.32. The van der Waals surface area contributed by atoms with Gasteiger partial charge in [-0.1, -0.05) is 0 Å². The second-order valence-corrected chi connectivity index (χ2v) is 7.26. The minimum Gasteiger partial charge on any atom is -0.343 e. The van der Waals surface area contributed by atoms with E-state index in [-0.39, 0.29) is 11.6 Å². The summed E-state index contributed by atoms with van der Waals surface area (Å²) in [7, 11) is 0. The maximum absolute atomic E-state index is 12.4. The van der Waals surface area contributed by atoms with E-state index in [1.165, 1.54) is 12.8 Å². The molecule has 1 aliphatic carbocycles. The second kappa shape index (κ2) is 7.51. The minimum absolute atomic E-state index is 0.0509. The summed E-state index contributed by atoms with van der Waals surface area (Å²) < 4.78 is 1.58. The lowest BCUT2D eigenvalue weighted by Crippen LogP contribution is -2.45. The fourth-order valence-corrected chi connectivity index (χ4v) is 3.52. The Bertz CT molecular complexity index is 645. The first-order chi connectivity index (χ1) is 12.0. The molecule has 2 fully saturated rings. The zero-order valence-electron chi connectivity index (χ0n) is 15.0. The van der Waals surface area contributed by atoms with Crippen LogP contribution in [-0.2, 0) is 11.3 Å². The quantitative estimate of drug-likeness (QED) is 0.598. The van der Waals surface area contributed by atoms with Crippen LogP contribution in [0.15, 0.2) is 0 Å². The second-order valence-electron chi connectivity index (χ2n) is 7.26. The number of likely N-dealkylation sites (tertiary alicyclic amines) is 1. The minimum atomic E-state index is -0.407. The molecule has 1 aromatic rings. The largest absolute Gasteiger partial charge is 0.343 e. The number of hydrogen-bond acceptors (Lipinski definition) is 5. The lowest BCUT2D eigenvalue weighted by atomic mass is 10.0. The Kier molecular flexibility index (Phi) is 5.36. The van der Waals surface area contributed by atoms with Crippen LogP contribution in [0.1, 0.15) is 43.5 Å². The maximum atomic E-state index is 12.4. The Balaban J connectivity index is 1.45. The summed E-state index contributed by atoms with van der Waals surface area (Å²) in [5, 5.41) is 18.9. The smallest absolute Gasteiger partial charge is 0.312 e. The number of carbonyl (C=O) groups excluding carboxylic acids is 1. The van der Waals surface area contributed by atoms with Crippen molar-refractivity contribution in [2.24, 2.45) is 5.92 Å². The van der Waals surface area contributed by atoms with Crippen LogP contribution < -0.4 is 5.32 Å². The third kappa shape index (κ3) is 4.36. The molecule has 0 spiro atoms. The van der Waals surface area contributed by atoms with Gasteiger partial charge in [0.25, 0.3) is 0 Å². The first kappa shape index (κ1) is 17.8. The average molecular weight is 349 g/mol. The SMILES string of the molecule is Cc1nn(CCC(=O)N2CCC(NCC3CC3)CC2)c(C)c1[N+](=O)[O-]. The van der Waals surface area contributed by atoms with Crippen molar-refractivity contribution in [3.8, 4) is 0 Å². The van der Waals surface area contributed by atoms with Crippen molar-refractivity contribution >= 4 is 11.6 Å². The first-order valence-corrected chi connectivity index (χ1v) is 9.15. The molecule has 2 aliphatic rings. The number of rotatable bonds is 7. The van der Waals surface area contributed by atoms with E-state index in [4.69, 9.17) is 0 Å². The van der Waals surface area contributed by atoms with Gasteiger partial charge in [0.05, 0.1) is 11.5 Å². The molecule has 2 heterocycles. The molecular weight excluding hydrogens is 322 g/mol. The third-order valence-corrected chi connectivity index (χ3v) is 5.30. The van der Waals surface area contributed by atoms with E-state index in [1.54, 1.807) is 18.5 Å². The number of aryl methyl sites for hydroxylation is 2. The van der Waals surface area contributed by atoms with Gasteiger partial charge < -0.3 is 10.2 Å². The van der Waals surface area contributed by atoms with Crippen molar-refractivity contribution in [2.45, 2.75) is 58.5 Å². The van der Waals surface area contributed by atoms with Gasteiger partial charge in [-0.3, -0.25) is 19.6 Å². The molecule has 138 valence electrons. The number of piperidine rings is 1. The van der Waals surface area contributed by atoms with E-state index in [1.807, 2.05) is 4.90 Å². The zero-order valence-corrected chi connectivity index (χ0v) is 15.0. The monoisotopic (exact) mass is 349 g/mol. The van der Waals surface area contributed by atoms with E-state index >= 15 is 0 Å². The molecule has 1 aliphatic heterocycles. The lowest BCUT2D eigenvalue weighted by molar-refractivity contribution is -0.386. The van der Waals surface area contributed by atoms with Crippen molar-refractivity contribution < 1.29 is 9.72 Å². The number of nitrogens with zero attached hydrogens (tertiary/aromatic N) is 4. The Morgan fingerprint density at radius 1 is 1.28 bits per heavy atom. The van der Waals surface area contributed by atoms with Gasteiger partial charge in [0, 0.05) is 25.6 Å². The topological polar surface area (TPSA) is 93.3 Å². The molecule has 0 bridgehead atoms. The number of carbonyl (C=O) groups is 1. The molecule has 1 amide bonds. The van der Waals surface area contributed by atoms with Gasteiger partial charge in [-0.15, -0.1) is 0 Å². The molecular formula is C17H27N5O3. The van der Waals surface area contributed by atoms with Crippen molar-refractivity contribution in [3.05, 3.63) is 21.5 Å². The molecule has 8 nitrogen and oxygen atoms in total. The number of nitrogens with one attached hydrogen (secondary N) is 1. The van der Waals surface area contributed by atoms with Crippen LogP contribution >= 0.6 is 0 Å². The highest BCUT2D eigenvalue weighted by Crippen LogP contribution is 2.28. The van der Waals surface area contributed by atoms with E-state index in [0.717, 1.165) is 38.4 Å². The zero-order chi connectivity index (χ0) is 18.0. The predicted octanol–water partition coefficient (Wildman–Crippen LogP) is 1.79. The number of amides is 1. The summed E-state index contributed by atoms with van der Waals surface area (Å²) >= 11 is 0. The third-order valence-electron chi connectivity index (χ3n) is 5.30. The molecule has 1 aromatic heterocycles. The number of aromatic nitrogens is 2. The van der Waals surface area contributed by atoms with Crippen LogP contribution in [0.5, 0.6) is 0 Å². The molecule has 1 saturated carbocycles.